The van der Waals surface area contributed by atoms with Crippen LogP contribution >= 0.6 is 11.6 Å². The summed E-state index contributed by atoms with van der Waals surface area (Å²) in [5.41, 5.74) is 1.89. The molecule has 0 unspecified atom stereocenters. The smallest absolute Gasteiger partial charge is 0.225 e. The number of anilines is 2. The van der Waals surface area contributed by atoms with Crippen molar-refractivity contribution in [1.29, 1.82) is 0 Å². The Morgan fingerprint density at radius 3 is 2.27 bits per heavy atom. The summed E-state index contributed by atoms with van der Waals surface area (Å²) in [7, 11) is -3.60. The normalized spacial score (nSPS) is 11.0. The van der Waals surface area contributed by atoms with Crippen LogP contribution in [0.15, 0.2) is 47.4 Å². The first kappa shape index (κ1) is 19.9. The van der Waals surface area contributed by atoms with Crippen molar-refractivity contribution in [1.82, 2.24) is 0 Å². The van der Waals surface area contributed by atoms with E-state index in [1.807, 2.05) is 0 Å². The highest BCUT2D eigenvalue weighted by Gasteiger charge is 2.17. The third-order valence-electron chi connectivity index (χ3n) is 3.59. The number of carbonyl (C=O) groups is 2. The lowest BCUT2D eigenvalue weighted by atomic mass is 10.2. The number of aryl methyl sites for hydroxylation is 1. The van der Waals surface area contributed by atoms with Gasteiger partial charge in [0, 0.05) is 29.7 Å². The summed E-state index contributed by atoms with van der Waals surface area (Å²) in [5.74, 6) is -0.950. The monoisotopic (exact) mass is 394 g/mol. The van der Waals surface area contributed by atoms with Gasteiger partial charge in [-0.1, -0.05) is 11.6 Å². The third-order valence-corrected chi connectivity index (χ3v) is 5.56. The minimum absolute atomic E-state index is 0.0991. The second kappa shape index (κ2) is 8.33. The zero-order chi connectivity index (χ0) is 19.3. The van der Waals surface area contributed by atoms with E-state index in [4.69, 9.17) is 11.6 Å². The fourth-order valence-corrected chi connectivity index (χ4v) is 3.74. The molecule has 0 fully saturated rings. The SMILES string of the molecule is CC(=O)Nc1ccc(S(=O)(=O)CCC(=O)Nc2ccc(Cl)cc2C)cc1. The van der Waals surface area contributed by atoms with Gasteiger partial charge in [0.05, 0.1) is 10.6 Å². The van der Waals surface area contributed by atoms with Gasteiger partial charge in [0.2, 0.25) is 11.8 Å². The first-order valence-electron chi connectivity index (χ1n) is 7.84. The number of halogens is 1. The van der Waals surface area contributed by atoms with E-state index in [-0.39, 0.29) is 23.0 Å². The van der Waals surface area contributed by atoms with Crippen LogP contribution in [0.2, 0.25) is 5.02 Å². The first-order chi connectivity index (χ1) is 12.2. The molecule has 0 spiro atoms. The Kier molecular flexibility index (Phi) is 6.39. The summed E-state index contributed by atoms with van der Waals surface area (Å²) in [6, 6.07) is 10.9. The summed E-state index contributed by atoms with van der Waals surface area (Å²) in [5, 5.41) is 5.81. The Morgan fingerprint density at radius 1 is 1.04 bits per heavy atom. The molecule has 0 aromatic heterocycles. The van der Waals surface area contributed by atoms with Crippen molar-refractivity contribution in [3.63, 3.8) is 0 Å². The lowest BCUT2D eigenvalue weighted by molar-refractivity contribution is -0.116. The molecule has 0 radical (unpaired) electrons. The summed E-state index contributed by atoms with van der Waals surface area (Å²) in [6.45, 7) is 3.17. The van der Waals surface area contributed by atoms with Crippen molar-refractivity contribution < 1.29 is 18.0 Å². The zero-order valence-corrected chi connectivity index (χ0v) is 15.9. The van der Waals surface area contributed by atoms with E-state index in [0.717, 1.165) is 5.56 Å². The molecule has 0 heterocycles. The molecular formula is C18H19ClN2O4S. The number of benzene rings is 2. The molecule has 0 aliphatic heterocycles. The van der Waals surface area contributed by atoms with Crippen LogP contribution in [0.3, 0.4) is 0 Å². The van der Waals surface area contributed by atoms with Crippen LogP contribution < -0.4 is 10.6 Å². The number of rotatable bonds is 6. The molecule has 2 rings (SSSR count). The lowest BCUT2D eigenvalue weighted by Crippen LogP contribution is -2.18. The highest BCUT2D eigenvalue weighted by atomic mass is 35.5. The van der Waals surface area contributed by atoms with Crippen LogP contribution in [0.5, 0.6) is 0 Å². The number of hydrogen-bond acceptors (Lipinski definition) is 4. The Balaban J connectivity index is 1.98. The van der Waals surface area contributed by atoms with Crippen LogP contribution in [-0.2, 0) is 19.4 Å². The van der Waals surface area contributed by atoms with Crippen LogP contribution in [0.25, 0.3) is 0 Å². The van der Waals surface area contributed by atoms with Crippen molar-refractivity contribution in [2.45, 2.75) is 25.2 Å². The average molecular weight is 395 g/mol. The van der Waals surface area contributed by atoms with Gasteiger partial charge in [-0.05, 0) is 55.0 Å². The van der Waals surface area contributed by atoms with Crippen molar-refractivity contribution in [3.8, 4) is 0 Å². The number of nitrogens with one attached hydrogen (secondary N) is 2. The Labute approximate surface area is 157 Å². The molecule has 6 nitrogen and oxygen atoms in total. The number of carbonyl (C=O) groups excluding carboxylic acids is 2. The molecule has 0 bridgehead atoms. The molecule has 2 amide bonds. The van der Waals surface area contributed by atoms with E-state index in [9.17, 15) is 18.0 Å². The maximum absolute atomic E-state index is 12.3. The van der Waals surface area contributed by atoms with E-state index in [2.05, 4.69) is 10.6 Å². The van der Waals surface area contributed by atoms with Gasteiger partial charge in [0.25, 0.3) is 0 Å². The van der Waals surface area contributed by atoms with E-state index in [1.54, 1.807) is 25.1 Å². The molecule has 8 heteroatoms. The molecule has 138 valence electrons. The number of amides is 2. The molecule has 2 N–H and O–H groups in total. The second-order valence-corrected chi connectivity index (χ2v) is 8.33. The van der Waals surface area contributed by atoms with Gasteiger partial charge in [-0.15, -0.1) is 0 Å². The van der Waals surface area contributed by atoms with Crippen molar-refractivity contribution in [3.05, 3.63) is 53.1 Å². The predicted molar refractivity (Wildman–Crippen MR) is 102 cm³/mol. The van der Waals surface area contributed by atoms with E-state index in [1.165, 1.54) is 31.2 Å². The third kappa shape index (κ3) is 5.57. The summed E-state index contributed by atoms with van der Waals surface area (Å²) >= 11 is 5.87. The topological polar surface area (TPSA) is 92.3 Å². The van der Waals surface area contributed by atoms with Crippen molar-refractivity contribution >= 4 is 44.6 Å². The maximum Gasteiger partial charge on any atom is 0.225 e. The van der Waals surface area contributed by atoms with E-state index in [0.29, 0.717) is 16.4 Å². The molecule has 0 saturated carbocycles. The van der Waals surface area contributed by atoms with E-state index < -0.39 is 15.7 Å². The van der Waals surface area contributed by atoms with Gasteiger partial charge in [-0.3, -0.25) is 9.59 Å². The Morgan fingerprint density at radius 2 is 1.69 bits per heavy atom. The molecular weight excluding hydrogens is 376 g/mol. The standard InChI is InChI=1S/C18H19ClN2O4S/c1-12-11-14(19)3-8-17(12)21-18(23)9-10-26(24,25)16-6-4-15(5-7-16)20-13(2)22/h3-8,11H,9-10H2,1-2H3,(H,20,22)(H,21,23). The molecule has 0 aliphatic rings. The van der Waals surface area contributed by atoms with Crippen LogP contribution in [0, 0.1) is 6.92 Å². The fourth-order valence-electron chi connectivity index (χ4n) is 2.27. The fraction of sp³-hybridized carbons (Fsp3) is 0.222. The van der Waals surface area contributed by atoms with Crippen LogP contribution in [0.1, 0.15) is 18.9 Å². The maximum atomic E-state index is 12.3. The van der Waals surface area contributed by atoms with E-state index >= 15 is 0 Å². The van der Waals surface area contributed by atoms with Gasteiger partial charge in [-0.2, -0.15) is 0 Å². The minimum atomic E-state index is -3.60. The van der Waals surface area contributed by atoms with Crippen molar-refractivity contribution in [2.24, 2.45) is 0 Å². The molecule has 2 aromatic carbocycles. The summed E-state index contributed by atoms with van der Waals surface area (Å²) < 4.78 is 24.7. The minimum Gasteiger partial charge on any atom is -0.326 e. The second-order valence-electron chi connectivity index (χ2n) is 5.78. The molecule has 0 saturated heterocycles. The van der Waals surface area contributed by atoms with Crippen molar-refractivity contribution in [2.75, 3.05) is 16.4 Å². The van der Waals surface area contributed by atoms with Gasteiger partial charge >= 0.3 is 0 Å². The zero-order valence-electron chi connectivity index (χ0n) is 14.4. The Hall–Kier alpha value is -2.38. The molecule has 0 aliphatic carbocycles. The summed E-state index contributed by atoms with van der Waals surface area (Å²) in [4.78, 5) is 23.1. The van der Waals surface area contributed by atoms with Crippen LogP contribution in [0.4, 0.5) is 11.4 Å². The first-order valence-corrected chi connectivity index (χ1v) is 9.87. The van der Waals surface area contributed by atoms with Gasteiger partial charge in [0.1, 0.15) is 0 Å². The molecule has 2 aromatic rings. The quantitative estimate of drug-likeness (QED) is 0.785. The Bertz CT molecular complexity index is 925. The highest BCUT2D eigenvalue weighted by molar-refractivity contribution is 7.91. The van der Waals surface area contributed by atoms with Gasteiger partial charge in [0.15, 0.2) is 9.84 Å². The largest absolute Gasteiger partial charge is 0.326 e. The van der Waals surface area contributed by atoms with Gasteiger partial charge < -0.3 is 10.6 Å². The number of hydrogen-bond donors (Lipinski definition) is 2. The lowest BCUT2D eigenvalue weighted by Gasteiger charge is -2.09. The molecule has 26 heavy (non-hydrogen) atoms. The molecule has 0 atom stereocenters. The number of sulfone groups is 1. The predicted octanol–water partition coefficient (Wildman–Crippen LogP) is 3.41. The summed E-state index contributed by atoms with van der Waals surface area (Å²) in [6.07, 6.45) is -0.169. The van der Waals surface area contributed by atoms with Crippen LogP contribution in [-0.4, -0.2) is 26.0 Å². The average Bonchev–Trinajstić information content (AvgIpc) is 2.56. The highest BCUT2D eigenvalue weighted by Crippen LogP contribution is 2.20. The van der Waals surface area contributed by atoms with Gasteiger partial charge in [-0.25, -0.2) is 8.42 Å².